The number of nitro groups is 1. The average molecular weight is 338 g/mol. The van der Waals surface area contributed by atoms with E-state index in [9.17, 15) is 14.9 Å². The number of carbonyl (C=O) groups is 1. The molecular weight excluding hydrogens is 326 g/mol. The molecule has 1 N–H and O–H groups in total. The number of anilines is 1. The molecule has 0 radical (unpaired) electrons. The summed E-state index contributed by atoms with van der Waals surface area (Å²) in [5.41, 5.74) is 1.80. The molecule has 0 bridgehead atoms. The number of hydrogen-bond acceptors (Lipinski definition) is 3. The van der Waals surface area contributed by atoms with Crippen LogP contribution in [0.3, 0.4) is 0 Å². The summed E-state index contributed by atoms with van der Waals surface area (Å²) < 4.78 is 2.17. The minimum Gasteiger partial charge on any atom is -0.358 e. The van der Waals surface area contributed by atoms with E-state index in [-0.39, 0.29) is 17.4 Å². The van der Waals surface area contributed by atoms with Crippen LogP contribution in [0.1, 0.15) is 16.1 Å². The Morgan fingerprint density at radius 3 is 2.60 bits per heavy atom. The van der Waals surface area contributed by atoms with Gasteiger partial charge in [-0.2, -0.15) is 0 Å². The lowest BCUT2D eigenvalue weighted by Crippen LogP contribution is -2.16. The van der Waals surface area contributed by atoms with E-state index in [0.717, 1.165) is 10.0 Å². The van der Waals surface area contributed by atoms with Crippen molar-refractivity contribution >= 4 is 33.3 Å². The number of rotatable bonds is 3. The minimum atomic E-state index is -0.526. The molecule has 0 saturated carbocycles. The molecule has 0 spiro atoms. The fourth-order valence-corrected chi connectivity index (χ4v) is 2.34. The SMILES string of the molecule is Cc1cc(Br)ccc1NC(=O)c1ccc([N+](=O)[O-])n1C. The van der Waals surface area contributed by atoms with Gasteiger partial charge in [0.05, 0.1) is 7.05 Å². The van der Waals surface area contributed by atoms with Gasteiger partial charge in [0.2, 0.25) is 0 Å². The third-order valence-electron chi connectivity index (χ3n) is 2.95. The van der Waals surface area contributed by atoms with Crippen LogP contribution >= 0.6 is 15.9 Å². The zero-order valence-electron chi connectivity index (χ0n) is 10.9. The summed E-state index contributed by atoms with van der Waals surface area (Å²) in [6.07, 6.45) is 0. The smallest absolute Gasteiger partial charge is 0.323 e. The van der Waals surface area contributed by atoms with Crippen LogP contribution < -0.4 is 5.32 Å². The maximum atomic E-state index is 12.1. The van der Waals surface area contributed by atoms with Crippen LogP contribution in [-0.4, -0.2) is 15.4 Å². The first kappa shape index (κ1) is 14.3. The van der Waals surface area contributed by atoms with Crippen molar-refractivity contribution in [2.45, 2.75) is 6.92 Å². The van der Waals surface area contributed by atoms with Gasteiger partial charge in [-0.1, -0.05) is 15.9 Å². The summed E-state index contributed by atoms with van der Waals surface area (Å²) >= 11 is 3.35. The lowest BCUT2D eigenvalue weighted by atomic mass is 10.2. The summed E-state index contributed by atoms with van der Waals surface area (Å²) in [5.74, 6) is -0.506. The number of benzene rings is 1. The van der Waals surface area contributed by atoms with Crippen LogP contribution in [0, 0.1) is 17.0 Å². The van der Waals surface area contributed by atoms with Crippen molar-refractivity contribution in [1.82, 2.24) is 4.57 Å². The highest BCUT2D eigenvalue weighted by Gasteiger charge is 2.20. The molecule has 0 aliphatic rings. The quantitative estimate of drug-likeness (QED) is 0.689. The summed E-state index contributed by atoms with van der Waals surface area (Å²) in [4.78, 5) is 22.4. The number of hydrogen-bond donors (Lipinski definition) is 1. The Morgan fingerprint density at radius 2 is 2.05 bits per heavy atom. The largest absolute Gasteiger partial charge is 0.358 e. The molecule has 7 heteroatoms. The molecule has 2 aromatic rings. The van der Waals surface area contributed by atoms with E-state index >= 15 is 0 Å². The molecule has 0 unspecified atom stereocenters. The number of amides is 1. The Morgan fingerprint density at radius 1 is 1.35 bits per heavy atom. The molecule has 6 nitrogen and oxygen atoms in total. The van der Waals surface area contributed by atoms with E-state index in [0.29, 0.717) is 5.69 Å². The second-order valence-corrected chi connectivity index (χ2v) is 5.22. The van der Waals surface area contributed by atoms with Crippen molar-refractivity contribution in [3.05, 3.63) is 56.2 Å². The van der Waals surface area contributed by atoms with Gasteiger partial charge in [-0.15, -0.1) is 0 Å². The molecule has 0 aliphatic heterocycles. The minimum absolute atomic E-state index is 0.123. The maximum Gasteiger partial charge on any atom is 0.323 e. The number of aryl methyl sites for hydroxylation is 1. The molecule has 104 valence electrons. The summed E-state index contributed by atoms with van der Waals surface area (Å²) in [6.45, 7) is 1.87. The predicted molar refractivity (Wildman–Crippen MR) is 78.9 cm³/mol. The predicted octanol–water partition coefficient (Wildman–Crippen LogP) is 3.26. The third-order valence-corrected chi connectivity index (χ3v) is 3.44. The zero-order chi connectivity index (χ0) is 14.9. The van der Waals surface area contributed by atoms with Crippen molar-refractivity contribution in [3.8, 4) is 0 Å². The monoisotopic (exact) mass is 337 g/mol. The lowest BCUT2D eigenvalue weighted by Gasteiger charge is -2.08. The summed E-state index contributed by atoms with van der Waals surface area (Å²) in [7, 11) is 1.49. The third kappa shape index (κ3) is 2.72. The molecule has 1 aromatic carbocycles. The van der Waals surface area contributed by atoms with Gasteiger partial charge in [-0.05, 0) is 41.7 Å². The molecule has 1 heterocycles. The zero-order valence-corrected chi connectivity index (χ0v) is 12.5. The number of nitrogens with one attached hydrogen (secondary N) is 1. The molecule has 0 aliphatic carbocycles. The van der Waals surface area contributed by atoms with Gasteiger partial charge in [0.15, 0.2) is 5.69 Å². The second-order valence-electron chi connectivity index (χ2n) is 4.31. The average Bonchev–Trinajstić information content (AvgIpc) is 2.74. The van der Waals surface area contributed by atoms with Gasteiger partial charge in [0, 0.05) is 16.2 Å². The second kappa shape index (κ2) is 5.46. The van der Waals surface area contributed by atoms with E-state index in [4.69, 9.17) is 0 Å². The Labute approximate surface area is 123 Å². The van der Waals surface area contributed by atoms with Gasteiger partial charge in [-0.25, -0.2) is 4.57 Å². The summed E-state index contributed by atoms with van der Waals surface area (Å²) in [5, 5.41) is 13.5. The number of aromatic nitrogens is 1. The number of nitrogens with zero attached hydrogens (tertiary/aromatic N) is 2. The Balaban J connectivity index is 2.26. The highest BCUT2D eigenvalue weighted by atomic mass is 79.9. The van der Waals surface area contributed by atoms with Gasteiger partial charge in [0.25, 0.3) is 5.91 Å². The van der Waals surface area contributed by atoms with E-state index in [1.165, 1.54) is 23.7 Å². The lowest BCUT2D eigenvalue weighted by molar-refractivity contribution is -0.391. The Kier molecular flexibility index (Phi) is 3.89. The highest BCUT2D eigenvalue weighted by molar-refractivity contribution is 9.10. The number of carbonyl (C=O) groups excluding carboxylic acids is 1. The Hall–Kier alpha value is -2.15. The van der Waals surface area contributed by atoms with Crippen LogP contribution in [0.4, 0.5) is 11.5 Å². The first-order valence-corrected chi connectivity index (χ1v) is 6.57. The van der Waals surface area contributed by atoms with Crippen LogP contribution in [0.25, 0.3) is 0 Å². The Bertz CT molecular complexity index is 694. The van der Waals surface area contributed by atoms with E-state index in [1.807, 2.05) is 19.1 Å². The normalized spacial score (nSPS) is 10.3. The van der Waals surface area contributed by atoms with Crippen molar-refractivity contribution in [2.24, 2.45) is 7.05 Å². The standard InChI is InChI=1S/C13H12BrN3O3/c1-8-7-9(14)3-4-10(8)15-13(18)11-5-6-12(16(11)2)17(19)20/h3-7H,1-2H3,(H,15,18). The van der Waals surface area contributed by atoms with E-state index in [2.05, 4.69) is 21.2 Å². The molecular formula is C13H12BrN3O3. The molecule has 0 atom stereocenters. The first-order valence-electron chi connectivity index (χ1n) is 5.78. The fraction of sp³-hybridized carbons (Fsp3) is 0.154. The molecule has 20 heavy (non-hydrogen) atoms. The van der Waals surface area contributed by atoms with Gasteiger partial charge < -0.3 is 15.4 Å². The summed E-state index contributed by atoms with van der Waals surface area (Å²) in [6, 6.07) is 8.21. The molecule has 0 fully saturated rings. The van der Waals surface area contributed by atoms with Crippen molar-refractivity contribution in [2.75, 3.05) is 5.32 Å². The van der Waals surface area contributed by atoms with Gasteiger partial charge >= 0.3 is 5.82 Å². The van der Waals surface area contributed by atoms with E-state index in [1.54, 1.807) is 6.07 Å². The van der Waals surface area contributed by atoms with Crippen LogP contribution in [0.5, 0.6) is 0 Å². The molecule has 2 rings (SSSR count). The topological polar surface area (TPSA) is 77.2 Å². The highest BCUT2D eigenvalue weighted by Crippen LogP contribution is 2.22. The van der Waals surface area contributed by atoms with E-state index < -0.39 is 4.92 Å². The first-order chi connectivity index (χ1) is 9.40. The van der Waals surface area contributed by atoms with Crippen molar-refractivity contribution in [3.63, 3.8) is 0 Å². The number of halogens is 1. The van der Waals surface area contributed by atoms with Crippen molar-refractivity contribution < 1.29 is 9.72 Å². The molecule has 1 amide bonds. The van der Waals surface area contributed by atoms with Crippen LogP contribution in [-0.2, 0) is 7.05 Å². The molecule has 0 saturated heterocycles. The fourth-order valence-electron chi connectivity index (χ4n) is 1.87. The van der Waals surface area contributed by atoms with Crippen LogP contribution in [0.2, 0.25) is 0 Å². The van der Waals surface area contributed by atoms with Crippen LogP contribution in [0.15, 0.2) is 34.8 Å². The molecule has 1 aromatic heterocycles. The maximum absolute atomic E-state index is 12.1. The van der Waals surface area contributed by atoms with Gasteiger partial charge in [0.1, 0.15) is 0 Å². The van der Waals surface area contributed by atoms with Crippen molar-refractivity contribution in [1.29, 1.82) is 0 Å². The van der Waals surface area contributed by atoms with Gasteiger partial charge in [-0.3, -0.25) is 4.79 Å².